The normalized spacial score (nSPS) is 17.5. The van der Waals surface area contributed by atoms with Crippen LogP contribution in [0, 0.1) is 0 Å². The molecule has 1 aromatic carbocycles. The van der Waals surface area contributed by atoms with E-state index in [4.69, 9.17) is 4.74 Å². The number of methoxy groups -OCH3 is 1. The van der Waals surface area contributed by atoms with Gasteiger partial charge >= 0.3 is 0 Å². The number of hydrogen-bond donors (Lipinski definition) is 1. The van der Waals surface area contributed by atoms with Crippen LogP contribution < -0.4 is 4.74 Å². The van der Waals surface area contributed by atoms with Gasteiger partial charge in [-0.2, -0.15) is 0 Å². The fraction of sp³-hybridized carbons (Fsp3) is 0.538. The van der Waals surface area contributed by atoms with Gasteiger partial charge in [0.25, 0.3) is 0 Å². The molecule has 2 nitrogen and oxygen atoms in total. The Bertz CT molecular complexity index is 354. The molecule has 1 saturated carbocycles. The molecule has 1 N–H and O–H groups in total. The third-order valence-electron chi connectivity index (χ3n) is 3.40. The van der Waals surface area contributed by atoms with Gasteiger partial charge in [0, 0.05) is 11.0 Å². The molecule has 0 spiro atoms. The summed E-state index contributed by atoms with van der Waals surface area (Å²) < 4.78 is 5.36. The van der Waals surface area contributed by atoms with E-state index in [1.54, 1.807) is 7.11 Å². The first-order valence-electron chi connectivity index (χ1n) is 5.54. The summed E-state index contributed by atoms with van der Waals surface area (Å²) in [6.07, 6.45) is 3.18. The molecule has 82 valence electrons. The maximum Gasteiger partial charge on any atom is 0.122 e. The van der Waals surface area contributed by atoms with Crippen LogP contribution in [0.5, 0.6) is 5.75 Å². The van der Waals surface area contributed by atoms with E-state index in [1.165, 1.54) is 11.1 Å². The van der Waals surface area contributed by atoms with E-state index in [2.05, 4.69) is 19.1 Å². The van der Waals surface area contributed by atoms with Crippen molar-refractivity contribution >= 4 is 0 Å². The summed E-state index contributed by atoms with van der Waals surface area (Å²) in [6.45, 7) is 2.38. The summed E-state index contributed by atoms with van der Waals surface area (Å²) in [5, 5.41) is 9.44. The van der Waals surface area contributed by atoms with Gasteiger partial charge in [0.05, 0.1) is 13.7 Å². The van der Waals surface area contributed by atoms with Gasteiger partial charge < -0.3 is 9.84 Å². The van der Waals surface area contributed by atoms with Crippen LogP contribution in [-0.2, 0) is 11.8 Å². The van der Waals surface area contributed by atoms with Gasteiger partial charge in [-0.1, -0.05) is 19.1 Å². The van der Waals surface area contributed by atoms with E-state index in [-0.39, 0.29) is 12.0 Å². The zero-order chi connectivity index (χ0) is 10.9. The maximum absolute atomic E-state index is 9.44. The van der Waals surface area contributed by atoms with Crippen molar-refractivity contribution in [2.45, 2.75) is 31.6 Å². The number of aryl methyl sites for hydroxylation is 1. The van der Waals surface area contributed by atoms with Crippen LogP contribution in [0.2, 0.25) is 0 Å². The molecular formula is C13H18O2. The molecule has 0 amide bonds. The van der Waals surface area contributed by atoms with Crippen LogP contribution in [-0.4, -0.2) is 18.8 Å². The van der Waals surface area contributed by atoms with Gasteiger partial charge in [-0.25, -0.2) is 0 Å². The molecule has 1 fully saturated rings. The molecule has 0 unspecified atom stereocenters. The Hall–Kier alpha value is -1.02. The molecule has 0 radical (unpaired) electrons. The number of rotatable bonds is 4. The first-order valence-corrected chi connectivity index (χ1v) is 5.54. The van der Waals surface area contributed by atoms with E-state index in [0.717, 1.165) is 25.0 Å². The van der Waals surface area contributed by atoms with Crippen LogP contribution in [0.25, 0.3) is 0 Å². The Morgan fingerprint density at radius 3 is 2.60 bits per heavy atom. The average Bonchev–Trinajstić information content (AvgIpc) is 3.09. The van der Waals surface area contributed by atoms with Crippen molar-refractivity contribution in [3.63, 3.8) is 0 Å². The lowest BCUT2D eigenvalue weighted by Gasteiger charge is -2.17. The second kappa shape index (κ2) is 3.86. The summed E-state index contributed by atoms with van der Waals surface area (Å²) in [4.78, 5) is 0. The molecule has 0 aliphatic heterocycles. The highest BCUT2D eigenvalue weighted by molar-refractivity contribution is 5.45. The van der Waals surface area contributed by atoms with Crippen molar-refractivity contribution in [3.05, 3.63) is 29.3 Å². The van der Waals surface area contributed by atoms with Crippen LogP contribution in [0.4, 0.5) is 0 Å². The quantitative estimate of drug-likeness (QED) is 0.819. The van der Waals surface area contributed by atoms with Crippen molar-refractivity contribution in [2.75, 3.05) is 13.7 Å². The number of aliphatic hydroxyl groups excluding tert-OH is 1. The minimum Gasteiger partial charge on any atom is -0.496 e. The smallest absolute Gasteiger partial charge is 0.122 e. The van der Waals surface area contributed by atoms with Crippen molar-refractivity contribution in [2.24, 2.45) is 0 Å². The zero-order valence-corrected chi connectivity index (χ0v) is 9.42. The Morgan fingerprint density at radius 2 is 2.13 bits per heavy atom. The minimum atomic E-state index is -0.00345. The zero-order valence-electron chi connectivity index (χ0n) is 9.42. The van der Waals surface area contributed by atoms with Crippen molar-refractivity contribution in [1.29, 1.82) is 0 Å². The molecule has 0 heterocycles. The van der Waals surface area contributed by atoms with E-state index in [9.17, 15) is 5.11 Å². The summed E-state index contributed by atoms with van der Waals surface area (Å²) in [6, 6.07) is 6.29. The van der Waals surface area contributed by atoms with Crippen LogP contribution in [0.3, 0.4) is 0 Å². The molecule has 0 atom stereocenters. The largest absolute Gasteiger partial charge is 0.496 e. The second-order valence-electron chi connectivity index (χ2n) is 4.33. The van der Waals surface area contributed by atoms with Gasteiger partial charge in [0.15, 0.2) is 0 Å². The second-order valence-corrected chi connectivity index (χ2v) is 4.33. The number of hydrogen-bond acceptors (Lipinski definition) is 2. The van der Waals surface area contributed by atoms with Gasteiger partial charge in [-0.3, -0.25) is 0 Å². The van der Waals surface area contributed by atoms with Crippen molar-refractivity contribution in [3.8, 4) is 5.75 Å². The number of ether oxygens (including phenoxy) is 1. The van der Waals surface area contributed by atoms with E-state index in [1.807, 2.05) is 6.07 Å². The van der Waals surface area contributed by atoms with Gasteiger partial charge in [-0.05, 0) is 30.9 Å². The molecule has 0 bridgehead atoms. The predicted octanol–water partition coefficient (Wildman–Crippen LogP) is 2.28. The summed E-state index contributed by atoms with van der Waals surface area (Å²) in [5.41, 5.74) is 2.49. The average molecular weight is 206 g/mol. The highest BCUT2D eigenvalue weighted by Crippen LogP contribution is 2.51. The Morgan fingerprint density at radius 1 is 1.40 bits per heavy atom. The SMILES string of the molecule is CCc1ccc(OC)c(C2(CO)CC2)c1. The van der Waals surface area contributed by atoms with Crippen molar-refractivity contribution in [1.82, 2.24) is 0 Å². The lowest BCUT2D eigenvalue weighted by Crippen LogP contribution is -2.13. The molecule has 2 rings (SSSR count). The summed E-state index contributed by atoms with van der Waals surface area (Å²) in [7, 11) is 1.69. The van der Waals surface area contributed by atoms with Crippen LogP contribution in [0.15, 0.2) is 18.2 Å². The first kappa shape index (κ1) is 10.5. The topological polar surface area (TPSA) is 29.5 Å². The fourth-order valence-corrected chi connectivity index (χ4v) is 2.05. The molecule has 1 aliphatic rings. The van der Waals surface area contributed by atoms with Gasteiger partial charge in [0.2, 0.25) is 0 Å². The highest BCUT2D eigenvalue weighted by atomic mass is 16.5. The Labute approximate surface area is 90.9 Å². The predicted molar refractivity (Wildman–Crippen MR) is 60.4 cm³/mol. The Kier molecular flexibility index (Phi) is 2.70. The standard InChI is InChI=1S/C13H18O2/c1-3-10-4-5-12(15-2)11(8-10)13(9-14)6-7-13/h4-5,8,14H,3,6-7,9H2,1-2H3. The molecule has 0 aromatic heterocycles. The lowest BCUT2D eigenvalue weighted by atomic mass is 9.93. The summed E-state index contributed by atoms with van der Waals surface area (Å²) in [5.74, 6) is 0.916. The van der Waals surface area contributed by atoms with Crippen molar-refractivity contribution < 1.29 is 9.84 Å². The monoisotopic (exact) mass is 206 g/mol. The summed E-state index contributed by atoms with van der Waals surface area (Å²) >= 11 is 0. The molecule has 15 heavy (non-hydrogen) atoms. The Balaban J connectivity index is 2.42. The molecular weight excluding hydrogens is 188 g/mol. The third-order valence-corrected chi connectivity index (χ3v) is 3.40. The first-order chi connectivity index (χ1) is 7.25. The van der Waals surface area contributed by atoms with Gasteiger partial charge in [-0.15, -0.1) is 0 Å². The van der Waals surface area contributed by atoms with Crippen LogP contribution >= 0.6 is 0 Å². The molecule has 1 aromatic rings. The lowest BCUT2D eigenvalue weighted by molar-refractivity contribution is 0.251. The van der Waals surface area contributed by atoms with Crippen LogP contribution in [0.1, 0.15) is 30.9 Å². The van der Waals surface area contributed by atoms with Gasteiger partial charge in [0.1, 0.15) is 5.75 Å². The minimum absolute atomic E-state index is 0.00345. The molecule has 2 heteroatoms. The number of benzene rings is 1. The molecule has 1 aliphatic carbocycles. The number of aliphatic hydroxyl groups is 1. The fourth-order valence-electron chi connectivity index (χ4n) is 2.05. The van der Waals surface area contributed by atoms with E-state index < -0.39 is 0 Å². The van der Waals surface area contributed by atoms with E-state index in [0.29, 0.717) is 0 Å². The highest BCUT2D eigenvalue weighted by Gasteiger charge is 2.45. The third kappa shape index (κ3) is 1.74. The maximum atomic E-state index is 9.44. The van der Waals surface area contributed by atoms with E-state index >= 15 is 0 Å². The molecule has 0 saturated heterocycles.